The van der Waals surface area contributed by atoms with Crippen LogP contribution < -0.4 is 0 Å². The Morgan fingerprint density at radius 2 is 1.94 bits per heavy atom. The van der Waals surface area contributed by atoms with Crippen molar-refractivity contribution in [3.05, 3.63) is 0 Å². The van der Waals surface area contributed by atoms with Crippen LogP contribution in [0.5, 0.6) is 0 Å². The third kappa shape index (κ3) is 2.08. The molecule has 0 radical (unpaired) electrons. The van der Waals surface area contributed by atoms with Gasteiger partial charge in [0.15, 0.2) is 0 Å². The first-order chi connectivity index (χ1) is 7.88. The first kappa shape index (κ1) is 12.8. The van der Waals surface area contributed by atoms with Gasteiger partial charge in [-0.2, -0.15) is 0 Å². The summed E-state index contributed by atoms with van der Waals surface area (Å²) in [7, 11) is 0. The lowest BCUT2D eigenvalue weighted by Crippen LogP contribution is -2.64. The second-order valence-corrected chi connectivity index (χ2v) is 5.70. The molecular weight excluding hydrogens is 218 g/mol. The number of carbonyl (C=O) groups excluding carboxylic acids is 1. The van der Waals surface area contributed by atoms with E-state index in [4.69, 9.17) is 4.74 Å². The monoisotopic (exact) mass is 241 g/mol. The predicted molar refractivity (Wildman–Crippen MR) is 64.5 cm³/mol. The van der Waals surface area contributed by atoms with Gasteiger partial charge in [-0.25, -0.2) is 0 Å². The molecule has 2 aliphatic rings. The van der Waals surface area contributed by atoms with Crippen LogP contribution in [0.3, 0.4) is 0 Å². The molecule has 2 rings (SSSR count). The summed E-state index contributed by atoms with van der Waals surface area (Å²) >= 11 is 0. The fourth-order valence-electron chi connectivity index (χ4n) is 2.95. The number of β-amino-alcohol motifs (C(OH)–C–C–N with tert-alkyl or cyclic N) is 1. The Kier molecular flexibility index (Phi) is 3.21. The Bertz CT molecular complexity index is 312. The minimum atomic E-state index is -0.646. The fraction of sp³-hybridized carbons (Fsp3) is 0.923. The molecule has 0 aromatic rings. The van der Waals surface area contributed by atoms with E-state index in [9.17, 15) is 9.90 Å². The predicted octanol–water partition coefficient (Wildman–Crippen LogP) is 1.03. The minimum Gasteiger partial charge on any atom is -0.386 e. The molecule has 4 unspecified atom stereocenters. The van der Waals surface area contributed by atoms with Gasteiger partial charge in [-0.1, -0.05) is 13.8 Å². The van der Waals surface area contributed by atoms with Gasteiger partial charge in [0, 0.05) is 0 Å². The summed E-state index contributed by atoms with van der Waals surface area (Å²) < 4.78 is 5.69. The van der Waals surface area contributed by atoms with Crippen LogP contribution in [0.4, 0.5) is 0 Å². The van der Waals surface area contributed by atoms with Gasteiger partial charge in [0.25, 0.3) is 0 Å². The Labute approximate surface area is 103 Å². The van der Waals surface area contributed by atoms with Crippen LogP contribution in [0.2, 0.25) is 0 Å². The molecular formula is C13H23NO3. The van der Waals surface area contributed by atoms with E-state index >= 15 is 0 Å². The molecule has 1 amide bonds. The molecule has 0 saturated carbocycles. The highest BCUT2D eigenvalue weighted by Crippen LogP contribution is 2.36. The Balaban J connectivity index is 1.98. The lowest BCUT2D eigenvalue weighted by molar-refractivity contribution is -0.162. The molecule has 4 atom stereocenters. The van der Waals surface area contributed by atoms with Crippen LogP contribution in [-0.2, 0) is 9.53 Å². The third-order valence-electron chi connectivity index (χ3n) is 4.47. The van der Waals surface area contributed by atoms with Crippen LogP contribution >= 0.6 is 0 Å². The summed E-state index contributed by atoms with van der Waals surface area (Å²) in [5.41, 5.74) is -0.646. The average molecular weight is 241 g/mol. The summed E-state index contributed by atoms with van der Waals surface area (Å²) in [5.74, 6) is 0.353. The van der Waals surface area contributed by atoms with Crippen molar-refractivity contribution in [3.63, 3.8) is 0 Å². The van der Waals surface area contributed by atoms with Crippen LogP contribution in [-0.4, -0.2) is 46.8 Å². The molecule has 2 saturated heterocycles. The van der Waals surface area contributed by atoms with E-state index in [1.54, 1.807) is 4.90 Å². The quantitative estimate of drug-likeness (QED) is 0.785. The maximum absolute atomic E-state index is 12.3. The van der Waals surface area contributed by atoms with E-state index < -0.39 is 5.60 Å². The number of hydrogen-bond donors (Lipinski definition) is 1. The highest BCUT2D eigenvalue weighted by molar-refractivity contribution is 5.81. The van der Waals surface area contributed by atoms with E-state index in [-0.39, 0.29) is 30.0 Å². The topological polar surface area (TPSA) is 49.8 Å². The number of rotatable bonds is 2. The van der Waals surface area contributed by atoms with Gasteiger partial charge in [0.2, 0.25) is 5.91 Å². The molecule has 2 fully saturated rings. The Morgan fingerprint density at radius 3 is 2.35 bits per heavy atom. The molecule has 0 aromatic carbocycles. The zero-order valence-corrected chi connectivity index (χ0v) is 11.1. The molecule has 2 aliphatic heterocycles. The zero-order chi connectivity index (χ0) is 12.8. The van der Waals surface area contributed by atoms with Crippen molar-refractivity contribution in [2.24, 2.45) is 11.8 Å². The van der Waals surface area contributed by atoms with E-state index in [0.29, 0.717) is 19.5 Å². The number of aliphatic hydroxyl groups is 1. The van der Waals surface area contributed by atoms with Crippen molar-refractivity contribution < 1.29 is 14.6 Å². The maximum atomic E-state index is 12.3. The van der Waals surface area contributed by atoms with Gasteiger partial charge < -0.3 is 14.7 Å². The molecule has 4 nitrogen and oxygen atoms in total. The summed E-state index contributed by atoms with van der Waals surface area (Å²) in [5, 5.41) is 9.94. The van der Waals surface area contributed by atoms with Crippen LogP contribution in [0, 0.1) is 11.8 Å². The minimum absolute atomic E-state index is 0.0113. The van der Waals surface area contributed by atoms with E-state index in [2.05, 4.69) is 6.92 Å². The van der Waals surface area contributed by atoms with Gasteiger partial charge in [-0.3, -0.25) is 4.79 Å². The summed E-state index contributed by atoms with van der Waals surface area (Å²) in [4.78, 5) is 14.1. The molecule has 0 bridgehead atoms. The van der Waals surface area contributed by atoms with Crippen molar-refractivity contribution >= 4 is 5.91 Å². The van der Waals surface area contributed by atoms with Gasteiger partial charge in [0.05, 0.1) is 36.8 Å². The Morgan fingerprint density at radius 1 is 1.35 bits per heavy atom. The lowest BCUT2D eigenvalue weighted by Gasteiger charge is -2.47. The van der Waals surface area contributed by atoms with Crippen LogP contribution in [0.25, 0.3) is 0 Å². The first-order valence-corrected chi connectivity index (χ1v) is 6.54. The number of carbonyl (C=O) groups is 1. The van der Waals surface area contributed by atoms with E-state index in [1.807, 2.05) is 20.8 Å². The van der Waals surface area contributed by atoms with Crippen molar-refractivity contribution in [2.45, 2.75) is 51.9 Å². The van der Waals surface area contributed by atoms with Gasteiger partial charge in [0.1, 0.15) is 0 Å². The second-order valence-electron chi connectivity index (χ2n) is 5.70. The second kappa shape index (κ2) is 4.25. The molecule has 0 spiro atoms. The number of ether oxygens (including phenoxy) is 1. The van der Waals surface area contributed by atoms with Crippen molar-refractivity contribution in [3.8, 4) is 0 Å². The highest BCUT2D eigenvalue weighted by Gasteiger charge is 2.49. The number of likely N-dealkylation sites (tertiary alicyclic amines) is 1. The van der Waals surface area contributed by atoms with Gasteiger partial charge in [-0.15, -0.1) is 0 Å². The normalized spacial score (nSPS) is 40.2. The summed E-state index contributed by atoms with van der Waals surface area (Å²) in [6, 6.07) is 0. The Hall–Kier alpha value is -0.610. The smallest absolute Gasteiger partial charge is 0.228 e. The van der Waals surface area contributed by atoms with Crippen LogP contribution in [0.1, 0.15) is 34.1 Å². The molecule has 2 heterocycles. The van der Waals surface area contributed by atoms with Crippen LogP contribution in [0.15, 0.2) is 0 Å². The highest BCUT2D eigenvalue weighted by atomic mass is 16.5. The maximum Gasteiger partial charge on any atom is 0.228 e. The lowest BCUT2D eigenvalue weighted by atomic mass is 9.84. The van der Waals surface area contributed by atoms with E-state index in [1.165, 1.54) is 0 Å². The number of hydrogen-bond acceptors (Lipinski definition) is 3. The molecule has 4 heteroatoms. The van der Waals surface area contributed by atoms with Crippen molar-refractivity contribution in [1.29, 1.82) is 0 Å². The zero-order valence-electron chi connectivity index (χ0n) is 11.1. The summed E-state index contributed by atoms with van der Waals surface area (Å²) in [6.07, 6.45) is 0.840. The summed E-state index contributed by atoms with van der Waals surface area (Å²) in [6.45, 7) is 8.97. The van der Waals surface area contributed by atoms with E-state index in [0.717, 1.165) is 0 Å². The molecule has 1 N–H and O–H groups in total. The average Bonchev–Trinajstić information content (AvgIpc) is 2.48. The molecule has 0 aromatic heterocycles. The van der Waals surface area contributed by atoms with Crippen molar-refractivity contribution in [1.82, 2.24) is 4.90 Å². The molecule has 0 aliphatic carbocycles. The first-order valence-electron chi connectivity index (χ1n) is 6.54. The third-order valence-corrected chi connectivity index (χ3v) is 4.47. The van der Waals surface area contributed by atoms with Gasteiger partial charge >= 0.3 is 0 Å². The molecule has 17 heavy (non-hydrogen) atoms. The SMILES string of the molecule is CCC1(O)CN(C(=O)C2C(C)OC(C)C2C)C1. The van der Waals surface area contributed by atoms with Crippen molar-refractivity contribution in [2.75, 3.05) is 13.1 Å². The van der Waals surface area contributed by atoms with Gasteiger partial charge in [-0.05, 0) is 26.2 Å². The number of nitrogens with zero attached hydrogens (tertiary/aromatic N) is 1. The number of amides is 1. The fourth-order valence-corrected chi connectivity index (χ4v) is 2.95. The standard InChI is InChI=1S/C13H23NO3/c1-5-13(16)6-14(7-13)12(15)11-8(2)9(3)17-10(11)4/h8-11,16H,5-7H2,1-4H3. The molecule has 98 valence electrons. The largest absolute Gasteiger partial charge is 0.386 e.